The quantitative estimate of drug-likeness (QED) is 0.731. The van der Waals surface area contributed by atoms with Gasteiger partial charge >= 0.3 is 0 Å². The van der Waals surface area contributed by atoms with Crippen molar-refractivity contribution in [3.05, 3.63) is 29.8 Å². The standard InChI is InChI=1S/C10H8NO4S/c1-6-4-10(12)11-9-5-7(16(13,14)15)2-3-8(6)9/h3-5H,1H3,(H,11,12)(H,13,14,15). The number of rotatable bonds is 1. The SMILES string of the molecule is Cc1cc(O)nc2cc(S(=O)(=O)O)[c]cc12. The Morgan fingerprint density at radius 2 is 2.06 bits per heavy atom. The number of nitrogens with zero attached hydrogens (tertiary/aromatic N) is 1. The fourth-order valence-corrected chi connectivity index (χ4v) is 1.91. The number of hydrogen-bond acceptors (Lipinski definition) is 4. The first-order chi connectivity index (χ1) is 7.38. The van der Waals surface area contributed by atoms with E-state index in [1.807, 2.05) is 0 Å². The third kappa shape index (κ3) is 1.84. The molecule has 2 N–H and O–H groups in total. The van der Waals surface area contributed by atoms with Gasteiger partial charge in [-0.25, -0.2) is 4.98 Å². The maximum atomic E-state index is 10.9. The number of aromatic hydroxyl groups is 1. The lowest BCUT2D eigenvalue weighted by Crippen LogP contribution is -1.98. The largest absolute Gasteiger partial charge is 0.493 e. The molecule has 2 aromatic rings. The summed E-state index contributed by atoms with van der Waals surface area (Å²) in [6, 6.07) is 6.49. The lowest BCUT2D eigenvalue weighted by molar-refractivity contribution is 0.455. The Hall–Kier alpha value is -1.66. The van der Waals surface area contributed by atoms with Crippen LogP contribution in [-0.4, -0.2) is 23.1 Å². The Labute approximate surface area is 92.1 Å². The lowest BCUT2D eigenvalue weighted by atomic mass is 10.1. The molecule has 5 nitrogen and oxygen atoms in total. The molecule has 1 aromatic carbocycles. The van der Waals surface area contributed by atoms with E-state index >= 15 is 0 Å². The third-order valence-electron chi connectivity index (χ3n) is 2.19. The van der Waals surface area contributed by atoms with Gasteiger partial charge in [-0.3, -0.25) is 4.55 Å². The highest BCUT2D eigenvalue weighted by Gasteiger charge is 2.12. The van der Waals surface area contributed by atoms with Gasteiger partial charge in [-0.2, -0.15) is 8.42 Å². The summed E-state index contributed by atoms with van der Waals surface area (Å²) < 4.78 is 30.6. The molecule has 0 amide bonds. The number of pyridine rings is 1. The summed E-state index contributed by atoms with van der Waals surface area (Å²) in [5.74, 6) is -0.197. The maximum Gasteiger partial charge on any atom is 0.295 e. The summed E-state index contributed by atoms with van der Waals surface area (Å²) in [5.41, 5.74) is 1.05. The van der Waals surface area contributed by atoms with Crippen molar-refractivity contribution in [2.24, 2.45) is 0 Å². The van der Waals surface area contributed by atoms with Crippen molar-refractivity contribution in [2.75, 3.05) is 0 Å². The van der Waals surface area contributed by atoms with Gasteiger partial charge in [-0.1, -0.05) is 0 Å². The van der Waals surface area contributed by atoms with Crippen LogP contribution in [0, 0.1) is 13.0 Å². The topological polar surface area (TPSA) is 87.5 Å². The van der Waals surface area contributed by atoms with Gasteiger partial charge < -0.3 is 5.11 Å². The lowest BCUT2D eigenvalue weighted by Gasteiger charge is -2.03. The minimum Gasteiger partial charge on any atom is -0.493 e. The van der Waals surface area contributed by atoms with Crippen molar-refractivity contribution >= 4 is 21.0 Å². The van der Waals surface area contributed by atoms with Crippen molar-refractivity contribution in [3.8, 4) is 5.88 Å². The molecule has 0 bridgehead atoms. The van der Waals surface area contributed by atoms with Gasteiger partial charge in [-0.05, 0) is 24.6 Å². The molecule has 1 radical (unpaired) electrons. The predicted molar refractivity (Wildman–Crippen MR) is 56.8 cm³/mol. The van der Waals surface area contributed by atoms with E-state index in [1.54, 1.807) is 6.92 Å². The highest BCUT2D eigenvalue weighted by molar-refractivity contribution is 7.85. The van der Waals surface area contributed by atoms with E-state index in [9.17, 15) is 13.5 Å². The molecule has 0 saturated heterocycles. The third-order valence-corrected chi connectivity index (χ3v) is 2.98. The maximum absolute atomic E-state index is 10.9. The first kappa shape index (κ1) is 10.8. The van der Waals surface area contributed by atoms with Crippen LogP contribution in [0.2, 0.25) is 0 Å². The second-order valence-corrected chi connectivity index (χ2v) is 4.76. The molecule has 1 heterocycles. The molecule has 0 aliphatic carbocycles. The molecule has 0 saturated carbocycles. The number of aromatic nitrogens is 1. The summed E-state index contributed by atoms with van der Waals surface area (Å²) in [7, 11) is -4.30. The fourth-order valence-electron chi connectivity index (χ4n) is 1.45. The number of fused-ring (bicyclic) bond motifs is 1. The van der Waals surface area contributed by atoms with E-state index in [0.717, 1.165) is 11.6 Å². The van der Waals surface area contributed by atoms with E-state index in [-0.39, 0.29) is 10.8 Å². The van der Waals surface area contributed by atoms with Crippen LogP contribution >= 0.6 is 0 Å². The van der Waals surface area contributed by atoms with E-state index < -0.39 is 10.1 Å². The summed E-state index contributed by atoms with van der Waals surface area (Å²) >= 11 is 0. The summed E-state index contributed by atoms with van der Waals surface area (Å²) in [4.78, 5) is 3.41. The van der Waals surface area contributed by atoms with Crippen LogP contribution in [0.1, 0.15) is 5.56 Å². The Morgan fingerprint density at radius 1 is 1.38 bits per heavy atom. The number of aryl methyl sites for hydroxylation is 1. The Kier molecular flexibility index (Phi) is 2.32. The van der Waals surface area contributed by atoms with Gasteiger partial charge in [0.05, 0.1) is 5.52 Å². The zero-order valence-corrected chi connectivity index (χ0v) is 9.11. The second kappa shape index (κ2) is 3.43. The molecule has 0 unspecified atom stereocenters. The van der Waals surface area contributed by atoms with Gasteiger partial charge in [0.25, 0.3) is 10.1 Å². The first-order valence-electron chi connectivity index (χ1n) is 4.37. The van der Waals surface area contributed by atoms with Crippen molar-refractivity contribution in [1.29, 1.82) is 0 Å². The highest BCUT2D eigenvalue weighted by Crippen LogP contribution is 2.22. The smallest absolute Gasteiger partial charge is 0.295 e. The minimum absolute atomic E-state index is 0.197. The number of hydrogen-bond donors (Lipinski definition) is 2. The molecule has 16 heavy (non-hydrogen) atoms. The molecule has 0 atom stereocenters. The summed E-state index contributed by atoms with van der Waals surface area (Å²) in [6.07, 6.45) is 0. The molecule has 2 rings (SSSR count). The zero-order valence-electron chi connectivity index (χ0n) is 8.30. The molecule has 0 aliphatic heterocycles. The Balaban J connectivity index is 2.81. The van der Waals surface area contributed by atoms with E-state index in [1.165, 1.54) is 12.1 Å². The van der Waals surface area contributed by atoms with Crippen LogP contribution in [0.5, 0.6) is 5.88 Å². The van der Waals surface area contributed by atoms with Crippen LogP contribution in [-0.2, 0) is 10.1 Å². The normalized spacial score (nSPS) is 11.9. The molecule has 1 aromatic heterocycles. The summed E-state index contributed by atoms with van der Waals surface area (Å²) in [6.45, 7) is 1.75. The molecule has 0 spiro atoms. The van der Waals surface area contributed by atoms with Gasteiger partial charge in [-0.15, -0.1) is 0 Å². The Bertz CT molecular complexity index is 664. The summed E-state index contributed by atoms with van der Waals surface area (Å²) in [5, 5.41) is 9.94. The second-order valence-electron chi connectivity index (χ2n) is 3.37. The van der Waals surface area contributed by atoms with Crippen LogP contribution < -0.4 is 0 Å². The minimum atomic E-state index is -4.30. The van der Waals surface area contributed by atoms with Gasteiger partial charge in [0.1, 0.15) is 4.90 Å². The van der Waals surface area contributed by atoms with Gasteiger partial charge in [0, 0.05) is 17.5 Å². The number of benzene rings is 1. The average molecular weight is 238 g/mol. The predicted octanol–water partition coefficient (Wildman–Crippen LogP) is 1.30. The molecular formula is C10H8NO4S. The van der Waals surface area contributed by atoms with Crippen molar-refractivity contribution in [1.82, 2.24) is 4.98 Å². The fraction of sp³-hybridized carbons (Fsp3) is 0.100. The molecule has 0 aliphatic rings. The highest BCUT2D eigenvalue weighted by atomic mass is 32.2. The van der Waals surface area contributed by atoms with Gasteiger partial charge in [0.15, 0.2) is 0 Å². The van der Waals surface area contributed by atoms with Crippen molar-refractivity contribution in [3.63, 3.8) is 0 Å². The molecule has 0 fully saturated rings. The van der Waals surface area contributed by atoms with E-state index in [2.05, 4.69) is 11.1 Å². The van der Waals surface area contributed by atoms with Crippen LogP contribution in [0.3, 0.4) is 0 Å². The van der Waals surface area contributed by atoms with Crippen molar-refractivity contribution < 1.29 is 18.1 Å². The van der Waals surface area contributed by atoms with Gasteiger partial charge in [0.2, 0.25) is 5.88 Å². The van der Waals surface area contributed by atoms with Crippen LogP contribution in [0.4, 0.5) is 0 Å². The molecular weight excluding hydrogens is 230 g/mol. The zero-order chi connectivity index (χ0) is 11.9. The Morgan fingerprint density at radius 3 is 2.69 bits per heavy atom. The van der Waals surface area contributed by atoms with Crippen LogP contribution in [0.25, 0.3) is 10.9 Å². The van der Waals surface area contributed by atoms with E-state index in [0.29, 0.717) is 10.9 Å². The van der Waals surface area contributed by atoms with Crippen LogP contribution in [0.15, 0.2) is 23.1 Å². The monoisotopic (exact) mass is 238 g/mol. The van der Waals surface area contributed by atoms with E-state index in [4.69, 9.17) is 4.55 Å². The molecule has 6 heteroatoms. The van der Waals surface area contributed by atoms with Crippen molar-refractivity contribution in [2.45, 2.75) is 11.8 Å². The molecule has 83 valence electrons. The first-order valence-corrected chi connectivity index (χ1v) is 5.81. The average Bonchev–Trinajstić information content (AvgIpc) is 2.15.